The first-order chi connectivity index (χ1) is 9.80. The van der Waals surface area contributed by atoms with Crippen LogP contribution in [-0.4, -0.2) is 19.8 Å². The molecule has 0 aliphatic rings. The molecule has 0 bridgehead atoms. The van der Waals surface area contributed by atoms with E-state index < -0.39 is 27.5 Å². The Bertz CT molecular complexity index is 763. The van der Waals surface area contributed by atoms with Gasteiger partial charge in [-0.15, -0.1) is 0 Å². The minimum atomic E-state index is -3.99. The van der Waals surface area contributed by atoms with E-state index in [1.54, 1.807) is 6.07 Å². The largest absolute Gasteiger partial charge is 0.243 e. The third kappa shape index (κ3) is 3.43. The second-order valence-corrected chi connectivity index (χ2v) is 6.51. The molecule has 7 heteroatoms. The molecule has 0 radical (unpaired) electrons. The van der Waals surface area contributed by atoms with Crippen molar-refractivity contribution in [2.75, 3.05) is 7.05 Å². The Morgan fingerprint density at radius 2 is 1.71 bits per heavy atom. The van der Waals surface area contributed by atoms with Crippen molar-refractivity contribution in [2.45, 2.75) is 11.4 Å². The van der Waals surface area contributed by atoms with Crippen molar-refractivity contribution < 1.29 is 21.6 Å². The molecule has 0 aliphatic carbocycles. The summed E-state index contributed by atoms with van der Waals surface area (Å²) < 4.78 is 64.5. The van der Waals surface area contributed by atoms with Gasteiger partial charge >= 0.3 is 0 Å². The molecule has 0 N–H and O–H groups in total. The van der Waals surface area contributed by atoms with Gasteiger partial charge in [0, 0.05) is 13.6 Å². The summed E-state index contributed by atoms with van der Waals surface area (Å²) in [6.07, 6.45) is 0. The van der Waals surface area contributed by atoms with Gasteiger partial charge in [-0.3, -0.25) is 0 Å². The molecule has 0 spiro atoms. The van der Waals surface area contributed by atoms with Crippen LogP contribution >= 0.6 is 0 Å². The fourth-order valence-corrected chi connectivity index (χ4v) is 2.97. The number of rotatable bonds is 4. The Morgan fingerprint density at radius 1 is 1.00 bits per heavy atom. The highest BCUT2D eigenvalue weighted by Crippen LogP contribution is 2.19. The minimum Gasteiger partial charge on any atom is -0.207 e. The highest BCUT2D eigenvalue weighted by molar-refractivity contribution is 7.89. The van der Waals surface area contributed by atoms with Gasteiger partial charge in [0.2, 0.25) is 10.0 Å². The van der Waals surface area contributed by atoms with Crippen molar-refractivity contribution in [3.63, 3.8) is 0 Å². The fourth-order valence-electron chi connectivity index (χ4n) is 1.79. The lowest BCUT2D eigenvalue weighted by atomic mass is 10.2. The molecule has 0 aromatic heterocycles. The molecule has 2 aromatic carbocycles. The second kappa shape index (κ2) is 5.87. The molecule has 112 valence electrons. The van der Waals surface area contributed by atoms with Gasteiger partial charge in [-0.25, -0.2) is 21.6 Å². The zero-order valence-corrected chi connectivity index (χ0v) is 11.9. The summed E-state index contributed by atoms with van der Waals surface area (Å²) in [5, 5.41) is 0. The van der Waals surface area contributed by atoms with Crippen molar-refractivity contribution in [1.29, 1.82) is 0 Å². The zero-order chi connectivity index (χ0) is 15.6. The van der Waals surface area contributed by atoms with Gasteiger partial charge in [0.15, 0.2) is 11.6 Å². The van der Waals surface area contributed by atoms with E-state index in [-0.39, 0.29) is 11.4 Å². The molecule has 21 heavy (non-hydrogen) atoms. The molecule has 2 aromatic rings. The molecule has 0 atom stereocenters. The summed E-state index contributed by atoms with van der Waals surface area (Å²) in [6.45, 7) is -0.0842. The highest BCUT2D eigenvalue weighted by atomic mass is 32.2. The van der Waals surface area contributed by atoms with Crippen molar-refractivity contribution >= 4 is 10.0 Å². The van der Waals surface area contributed by atoms with E-state index in [2.05, 4.69) is 0 Å². The van der Waals surface area contributed by atoms with Crippen LogP contribution in [0.1, 0.15) is 5.56 Å². The predicted octanol–water partition coefficient (Wildman–Crippen LogP) is 2.92. The first-order valence-corrected chi connectivity index (χ1v) is 7.40. The summed E-state index contributed by atoms with van der Waals surface area (Å²) >= 11 is 0. The molecule has 0 amide bonds. The van der Waals surface area contributed by atoms with Crippen LogP contribution in [0.15, 0.2) is 47.4 Å². The van der Waals surface area contributed by atoms with Crippen LogP contribution in [0.3, 0.4) is 0 Å². The smallest absolute Gasteiger partial charge is 0.207 e. The number of benzene rings is 2. The first-order valence-electron chi connectivity index (χ1n) is 5.96. The van der Waals surface area contributed by atoms with Crippen LogP contribution in [0.25, 0.3) is 0 Å². The predicted molar refractivity (Wildman–Crippen MR) is 71.4 cm³/mol. The summed E-state index contributed by atoms with van der Waals surface area (Å²) in [7, 11) is -2.71. The Hall–Kier alpha value is -1.86. The van der Waals surface area contributed by atoms with Crippen LogP contribution < -0.4 is 0 Å². The molecule has 0 saturated heterocycles. The standard InChI is InChI=1S/C14H12F3NO2S/c1-18(9-10-3-2-4-11(15)7-10)21(19,20)12-5-6-13(16)14(17)8-12/h2-8H,9H2,1H3. The van der Waals surface area contributed by atoms with Crippen LogP contribution in [0.5, 0.6) is 0 Å². The summed E-state index contributed by atoms with van der Waals surface area (Å²) in [5.74, 6) is -2.84. The maximum atomic E-state index is 13.1. The van der Waals surface area contributed by atoms with E-state index in [9.17, 15) is 21.6 Å². The van der Waals surface area contributed by atoms with E-state index in [1.165, 1.54) is 25.2 Å². The first kappa shape index (κ1) is 15.5. The third-order valence-electron chi connectivity index (χ3n) is 2.89. The van der Waals surface area contributed by atoms with Gasteiger partial charge in [0.05, 0.1) is 4.90 Å². The van der Waals surface area contributed by atoms with Crippen molar-refractivity contribution in [2.24, 2.45) is 0 Å². The zero-order valence-electron chi connectivity index (χ0n) is 11.1. The lowest BCUT2D eigenvalue weighted by molar-refractivity contribution is 0.462. The topological polar surface area (TPSA) is 37.4 Å². The van der Waals surface area contributed by atoms with E-state index in [1.807, 2.05) is 0 Å². The van der Waals surface area contributed by atoms with E-state index in [0.717, 1.165) is 16.4 Å². The molecule has 2 rings (SSSR count). The van der Waals surface area contributed by atoms with Crippen molar-refractivity contribution in [3.05, 3.63) is 65.5 Å². The van der Waals surface area contributed by atoms with E-state index in [4.69, 9.17) is 0 Å². The average Bonchev–Trinajstić information content (AvgIpc) is 2.41. The average molecular weight is 315 g/mol. The van der Waals surface area contributed by atoms with Crippen LogP contribution in [0.4, 0.5) is 13.2 Å². The maximum absolute atomic E-state index is 13.1. The number of halogens is 3. The Labute approximate surface area is 120 Å². The van der Waals surface area contributed by atoms with E-state index in [0.29, 0.717) is 11.6 Å². The van der Waals surface area contributed by atoms with Crippen LogP contribution in [-0.2, 0) is 16.6 Å². The number of hydrogen-bond donors (Lipinski definition) is 0. The fraction of sp³-hybridized carbons (Fsp3) is 0.143. The van der Waals surface area contributed by atoms with Crippen molar-refractivity contribution in [1.82, 2.24) is 4.31 Å². The van der Waals surface area contributed by atoms with Gasteiger partial charge in [-0.1, -0.05) is 12.1 Å². The van der Waals surface area contributed by atoms with Gasteiger partial charge in [-0.05, 0) is 35.9 Å². The minimum absolute atomic E-state index is 0.0842. The third-order valence-corrected chi connectivity index (χ3v) is 4.69. The van der Waals surface area contributed by atoms with Crippen LogP contribution in [0.2, 0.25) is 0 Å². The molecule has 0 fully saturated rings. The van der Waals surface area contributed by atoms with Gasteiger partial charge in [-0.2, -0.15) is 4.31 Å². The number of nitrogens with zero attached hydrogens (tertiary/aromatic N) is 1. The molecule has 0 heterocycles. The summed E-state index contributed by atoms with van der Waals surface area (Å²) in [4.78, 5) is -0.361. The molecule has 0 aliphatic heterocycles. The Morgan fingerprint density at radius 3 is 2.33 bits per heavy atom. The summed E-state index contributed by atoms with van der Waals surface area (Å²) in [6, 6.07) is 7.83. The molecule has 0 unspecified atom stereocenters. The lowest BCUT2D eigenvalue weighted by Gasteiger charge is -2.17. The molecular weight excluding hydrogens is 303 g/mol. The van der Waals surface area contributed by atoms with E-state index >= 15 is 0 Å². The summed E-state index contributed by atoms with van der Waals surface area (Å²) in [5.41, 5.74) is 0.448. The number of hydrogen-bond acceptors (Lipinski definition) is 2. The molecule has 3 nitrogen and oxygen atoms in total. The lowest BCUT2D eigenvalue weighted by Crippen LogP contribution is -2.26. The van der Waals surface area contributed by atoms with Crippen LogP contribution in [0, 0.1) is 17.5 Å². The maximum Gasteiger partial charge on any atom is 0.243 e. The second-order valence-electron chi connectivity index (χ2n) is 4.47. The number of sulfonamides is 1. The highest BCUT2D eigenvalue weighted by Gasteiger charge is 2.22. The van der Waals surface area contributed by atoms with Crippen molar-refractivity contribution in [3.8, 4) is 0 Å². The van der Waals surface area contributed by atoms with Gasteiger partial charge < -0.3 is 0 Å². The Balaban J connectivity index is 2.28. The Kier molecular flexibility index (Phi) is 4.34. The quantitative estimate of drug-likeness (QED) is 0.870. The molecular formula is C14H12F3NO2S. The van der Waals surface area contributed by atoms with Gasteiger partial charge in [0.25, 0.3) is 0 Å². The SMILES string of the molecule is CN(Cc1cccc(F)c1)S(=O)(=O)c1ccc(F)c(F)c1. The molecule has 0 saturated carbocycles. The monoisotopic (exact) mass is 315 g/mol. The normalized spacial score (nSPS) is 11.9. The van der Waals surface area contributed by atoms with Gasteiger partial charge in [0.1, 0.15) is 5.82 Å².